The first kappa shape index (κ1) is 11.5. The summed E-state index contributed by atoms with van der Waals surface area (Å²) in [7, 11) is 0. The second kappa shape index (κ2) is 4.75. The smallest absolute Gasteiger partial charge is 0.282 e. The van der Waals surface area contributed by atoms with Crippen molar-refractivity contribution in [1.82, 2.24) is 0 Å². The number of thiol groups is 1. The van der Waals surface area contributed by atoms with E-state index in [0.29, 0.717) is 5.56 Å². The molecule has 0 spiro atoms. The molecule has 0 amide bonds. The molecular weight excluding hydrogens is 214 g/mol. The van der Waals surface area contributed by atoms with Gasteiger partial charge in [0, 0.05) is 0 Å². The molecule has 5 heteroatoms. The van der Waals surface area contributed by atoms with Gasteiger partial charge in [0.25, 0.3) is 5.70 Å². The number of carbonyl (C=O) groups excluding carboxylic acids is 1. The Morgan fingerprint density at radius 1 is 1.33 bits per heavy atom. The molecule has 0 saturated heterocycles. The molecule has 0 heterocycles. The van der Waals surface area contributed by atoms with E-state index in [0.717, 1.165) is 0 Å². The van der Waals surface area contributed by atoms with Crippen molar-refractivity contribution in [3.8, 4) is 0 Å². The topological polar surface area (TPSA) is 60.2 Å². The van der Waals surface area contributed by atoms with Crippen LogP contribution in [0.1, 0.15) is 12.5 Å². The zero-order valence-electron chi connectivity index (χ0n) is 8.01. The highest BCUT2D eigenvalue weighted by Gasteiger charge is 2.20. The molecule has 0 aliphatic carbocycles. The fourth-order valence-corrected chi connectivity index (χ4v) is 1.26. The van der Waals surface area contributed by atoms with Gasteiger partial charge in [-0.15, -0.1) is 12.6 Å². The molecule has 0 aromatic heterocycles. The third kappa shape index (κ3) is 2.66. The first-order chi connectivity index (χ1) is 7.04. The van der Waals surface area contributed by atoms with Crippen LogP contribution >= 0.6 is 12.6 Å². The zero-order chi connectivity index (χ0) is 11.4. The van der Waals surface area contributed by atoms with Crippen LogP contribution < -0.4 is 0 Å². The van der Waals surface area contributed by atoms with Crippen molar-refractivity contribution in [2.75, 3.05) is 0 Å². The Kier molecular flexibility index (Phi) is 3.62. The van der Waals surface area contributed by atoms with Crippen LogP contribution in [0.15, 0.2) is 35.9 Å². The monoisotopic (exact) mass is 223 g/mol. The summed E-state index contributed by atoms with van der Waals surface area (Å²) in [5, 5.41) is 10.2. The predicted molar refractivity (Wildman–Crippen MR) is 60.0 cm³/mol. The molecule has 4 nitrogen and oxygen atoms in total. The van der Waals surface area contributed by atoms with Gasteiger partial charge < -0.3 is 0 Å². The van der Waals surface area contributed by atoms with Crippen molar-refractivity contribution < 1.29 is 9.72 Å². The lowest BCUT2D eigenvalue weighted by Crippen LogP contribution is -2.04. The van der Waals surface area contributed by atoms with E-state index in [1.165, 1.54) is 6.92 Å². The summed E-state index contributed by atoms with van der Waals surface area (Å²) >= 11 is 3.58. The Bertz CT molecular complexity index is 426. The van der Waals surface area contributed by atoms with Crippen molar-refractivity contribution in [2.24, 2.45) is 0 Å². The molecule has 0 fully saturated rings. The molecule has 15 heavy (non-hydrogen) atoms. The summed E-state index contributed by atoms with van der Waals surface area (Å²) in [5.41, 5.74) is 0.243. The molecule has 1 aromatic rings. The Morgan fingerprint density at radius 2 is 1.87 bits per heavy atom. The van der Waals surface area contributed by atoms with Crippen LogP contribution in [0.2, 0.25) is 0 Å². The maximum atomic E-state index is 11.0. The van der Waals surface area contributed by atoms with E-state index in [-0.39, 0.29) is 11.3 Å². The van der Waals surface area contributed by atoms with Crippen molar-refractivity contribution in [1.29, 1.82) is 0 Å². The Morgan fingerprint density at radius 3 is 2.27 bits per heavy atom. The van der Waals surface area contributed by atoms with Crippen molar-refractivity contribution in [3.05, 3.63) is 51.6 Å². The fourth-order valence-electron chi connectivity index (χ4n) is 1.16. The maximum absolute atomic E-state index is 11.0. The van der Waals surface area contributed by atoms with Crippen molar-refractivity contribution in [2.45, 2.75) is 6.92 Å². The first-order valence-electron chi connectivity index (χ1n) is 4.18. The van der Waals surface area contributed by atoms with Gasteiger partial charge in [0.05, 0.1) is 16.1 Å². The second-order valence-corrected chi connectivity index (χ2v) is 3.31. The molecule has 1 aromatic carbocycles. The van der Waals surface area contributed by atoms with E-state index in [1.807, 2.05) is 0 Å². The average molecular weight is 223 g/mol. The van der Waals surface area contributed by atoms with Gasteiger partial charge in [-0.25, -0.2) is 0 Å². The SMILES string of the molecule is CC(C(=O)S)=C(c1ccccc1)[N+](=O)[O-]. The average Bonchev–Trinajstić information content (AvgIpc) is 2.18. The molecule has 0 aliphatic heterocycles. The van der Waals surface area contributed by atoms with E-state index in [2.05, 4.69) is 12.6 Å². The molecule has 0 aliphatic rings. The third-order valence-corrected chi connectivity index (χ3v) is 2.24. The molecule has 0 bridgehead atoms. The molecule has 0 unspecified atom stereocenters. The minimum Gasteiger partial charge on any atom is -0.282 e. The van der Waals surface area contributed by atoms with Crippen LogP contribution in [0, 0.1) is 10.1 Å². The molecule has 0 saturated carbocycles. The molecule has 0 N–H and O–H groups in total. The molecule has 0 atom stereocenters. The van der Waals surface area contributed by atoms with Crippen LogP contribution in [-0.4, -0.2) is 10.0 Å². The summed E-state index contributed by atoms with van der Waals surface area (Å²) < 4.78 is 0. The summed E-state index contributed by atoms with van der Waals surface area (Å²) in [6.07, 6.45) is 0. The van der Waals surface area contributed by atoms with E-state index in [4.69, 9.17) is 0 Å². The molecule has 0 radical (unpaired) electrons. The highest BCUT2D eigenvalue weighted by molar-refractivity contribution is 7.97. The van der Waals surface area contributed by atoms with Gasteiger partial charge in [-0.3, -0.25) is 14.9 Å². The third-order valence-electron chi connectivity index (χ3n) is 1.91. The number of hydrogen-bond donors (Lipinski definition) is 1. The van der Waals surface area contributed by atoms with Gasteiger partial charge in [0.1, 0.15) is 0 Å². The van der Waals surface area contributed by atoms with E-state index >= 15 is 0 Å². The largest absolute Gasteiger partial charge is 0.283 e. The number of benzene rings is 1. The van der Waals surface area contributed by atoms with Gasteiger partial charge >= 0.3 is 0 Å². The normalized spacial score (nSPS) is 11.9. The van der Waals surface area contributed by atoms with Gasteiger partial charge in [-0.1, -0.05) is 18.2 Å². The molecule has 1 rings (SSSR count). The highest BCUT2D eigenvalue weighted by atomic mass is 32.1. The van der Waals surface area contributed by atoms with Crippen LogP contribution in [-0.2, 0) is 4.79 Å². The van der Waals surface area contributed by atoms with Crippen LogP contribution in [0.25, 0.3) is 5.70 Å². The Labute approximate surface area is 92.2 Å². The number of rotatable bonds is 3. The highest BCUT2D eigenvalue weighted by Crippen LogP contribution is 2.20. The Hall–Kier alpha value is -1.62. The van der Waals surface area contributed by atoms with E-state index in [9.17, 15) is 14.9 Å². The van der Waals surface area contributed by atoms with Gasteiger partial charge in [0.15, 0.2) is 0 Å². The summed E-state index contributed by atoms with van der Waals surface area (Å²) in [4.78, 5) is 21.2. The van der Waals surface area contributed by atoms with Crippen molar-refractivity contribution in [3.63, 3.8) is 0 Å². The fraction of sp³-hybridized carbons (Fsp3) is 0.100. The van der Waals surface area contributed by atoms with Gasteiger partial charge in [-0.05, 0) is 19.1 Å². The van der Waals surface area contributed by atoms with Crippen LogP contribution in [0.4, 0.5) is 0 Å². The predicted octanol–water partition coefficient (Wildman–Crippen LogP) is 2.15. The van der Waals surface area contributed by atoms with Crippen LogP contribution in [0.5, 0.6) is 0 Å². The van der Waals surface area contributed by atoms with Crippen molar-refractivity contribution >= 4 is 23.4 Å². The zero-order valence-corrected chi connectivity index (χ0v) is 8.90. The van der Waals surface area contributed by atoms with Crippen LogP contribution in [0.3, 0.4) is 0 Å². The van der Waals surface area contributed by atoms with E-state index in [1.54, 1.807) is 30.3 Å². The lowest BCUT2D eigenvalue weighted by molar-refractivity contribution is -0.376. The Balaban J connectivity index is 3.34. The van der Waals surface area contributed by atoms with E-state index < -0.39 is 10.0 Å². The quantitative estimate of drug-likeness (QED) is 0.369. The molecular formula is C10H9NO3S. The summed E-state index contributed by atoms with van der Waals surface area (Å²) in [6.45, 7) is 1.39. The lowest BCUT2D eigenvalue weighted by Gasteiger charge is -2.00. The second-order valence-electron chi connectivity index (χ2n) is 2.90. The van der Waals surface area contributed by atoms with Gasteiger partial charge in [0.2, 0.25) is 5.12 Å². The standard InChI is InChI=1S/C10H9NO3S/c1-7(10(12)15)9(11(13)14)8-5-3-2-4-6-8/h2-6H,1H3,(H,12,15). The maximum Gasteiger partial charge on any atom is 0.283 e. The lowest BCUT2D eigenvalue weighted by atomic mass is 10.1. The minimum atomic E-state index is -0.592. The number of nitro groups is 1. The summed E-state index contributed by atoms with van der Waals surface area (Å²) in [6, 6.07) is 8.26. The number of nitrogens with zero attached hydrogens (tertiary/aromatic N) is 1. The number of hydrogen-bond acceptors (Lipinski definition) is 3. The minimum absolute atomic E-state index is 0.0366. The molecule has 78 valence electrons. The van der Waals surface area contributed by atoms with Gasteiger partial charge in [-0.2, -0.15) is 0 Å². The summed E-state index contributed by atoms with van der Waals surface area (Å²) in [5.74, 6) is 0. The first-order valence-corrected chi connectivity index (χ1v) is 4.62. The number of carbonyl (C=O) groups is 1.